The molecule has 3 atom stereocenters. The lowest BCUT2D eigenvalue weighted by atomic mass is 9.79. The molecule has 7 heteroatoms. The van der Waals surface area contributed by atoms with Gasteiger partial charge in [-0.1, -0.05) is 18.2 Å². The lowest BCUT2D eigenvalue weighted by molar-refractivity contribution is -0.137. The van der Waals surface area contributed by atoms with Gasteiger partial charge in [-0.15, -0.1) is 0 Å². The average Bonchev–Trinajstić information content (AvgIpc) is 2.94. The fourth-order valence-electron chi connectivity index (χ4n) is 5.87. The number of para-hydroxylation sites is 1. The number of pyridine rings is 1. The summed E-state index contributed by atoms with van der Waals surface area (Å²) < 4.78 is 10.9. The summed E-state index contributed by atoms with van der Waals surface area (Å²) in [5.41, 5.74) is 2.93. The Hall–Kier alpha value is -3.16. The number of carbonyl (C=O) groups is 1. The van der Waals surface area contributed by atoms with Gasteiger partial charge in [0.05, 0.1) is 25.8 Å². The van der Waals surface area contributed by atoms with E-state index in [-0.39, 0.29) is 6.42 Å². The fraction of sp³-hybridized carbons (Fsp3) is 0.484. The molecule has 38 heavy (non-hydrogen) atoms. The first kappa shape index (κ1) is 27.9. The van der Waals surface area contributed by atoms with Crippen molar-refractivity contribution in [2.45, 2.75) is 51.0 Å². The van der Waals surface area contributed by atoms with Crippen LogP contribution in [0.1, 0.15) is 55.8 Å². The van der Waals surface area contributed by atoms with Gasteiger partial charge in [-0.25, -0.2) is 0 Å². The molecule has 2 aromatic carbocycles. The Balaban J connectivity index is 1.35. The minimum absolute atomic E-state index is 0.188. The number of carboxylic acid groups (broad SMARTS) is 1. The number of aliphatic hydroxyl groups excluding tert-OH is 1. The molecule has 0 saturated carbocycles. The SMILES string of the molecule is COc1ccc2nccc(C(O)CC[C@@H]3CCN(CCCc4ccccc4OC)C[C@@H]3CCC(=O)O)c2c1. The molecule has 1 aromatic heterocycles. The Labute approximate surface area is 225 Å². The lowest BCUT2D eigenvalue weighted by Gasteiger charge is -2.39. The minimum Gasteiger partial charge on any atom is -0.497 e. The molecule has 1 aliphatic heterocycles. The summed E-state index contributed by atoms with van der Waals surface area (Å²) in [7, 11) is 3.34. The first-order valence-corrected chi connectivity index (χ1v) is 13.6. The number of piperidine rings is 1. The van der Waals surface area contributed by atoms with Crippen molar-refractivity contribution in [3.63, 3.8) is 0 Å². The monoisotopic (exact) mass is 520 g/mol. The number of nitrogens with zero attached hydrogens (tertiary/aromatic N) is 2. The highest BCUT2D eigenvalue weighted by atomic mass is 16.5. The standard InChI is InChI=1S/C31H40N2O5/c1-37-25-11-12-28-27(20-25)26(15-17-32-28)29(34)13-9-22-16-19-33(21-24(22)10-14-31(35)36)18-5-7-23-6-3-4-8-30(23)38-2/h3-4,6,8,11-12,15,17,20,22,24,29,34H,5,7,9-10,13-14,16,18-19,21H2,1-2H3,(H,35,36)/t22-,24+,29?/m1/s1. The Morgan fingerprint density at radius 3 is 2.74 bits per heavy atom. The number of ether oxygens (including phenoxy) is 2. The molecule has 1 unspecified atom stereocenters. The number of methoxy groups -OCH3 is 2. The van der Waals surface area contributed by atoms with Crippen LogP contribution in [0.25, 0.3) is 10.9 Å². The summed E-state index contributed by atoms with van der Waals surface area (Å²) in [6, 6.07) is 15.8. The first-order chi connectivity index (χ1) is 18.5. The van der Waals surface area contributed by atoms with Crippen molar-refractivity contribution in [1.82, 2.24) is 9.88 Å². The molecule has 7 nitrogen and oxygen atoms in total. The molecular weight excluding hydrogens is 480 g/mol. The largest absolute Gasteiger partial charge is 0.497 e. The van der Waals surface area contributed by atoms with Crippen molar-refractivity contribution in [2.24, 2.45) is 11.8 Å². The van der Waals surface area contributed by atoms with Gasteiger partial charge in [0.15, 0.2) is 0 Å². The molecule has 2 N–H and O–H groups in total. The number of benzene rings is 2. The van der Waals surface area contributed by atoms with Crippen LogP contribution in [0.4, 0.5) is 0 Å². The van der Waals surface area contributed by atoms with Crippen molar-refractivity contribution >= 4 is 16.9 Å². The van der Waals surface area contributed by atoms with E-state index in [9.17, 15) is 15.0 Å². The highest BCUT2D eigenvalue weighted by Crippen LogP contribution is 2.35. The Bertz CT molecular complexity index is 1200. The van der Waals surface area contributed by atoms with Gasteiger partial charge in [-0.05, 0) is 105 Å². The third-order valence-electron chi connectivity index (χ3n) is 7.97. The van der Waals surface area contributed by atoms with Crippen LogP contribution in [-0.2, 0) is 11.2 Å². The second kappa shape index (κ2) is 13.6. The molecule has 1 aliphatic rings. The van der Waals surface area contributed by atoms with Crippen molar-refractivity contribution < 1.29 is 24.5 Å². The predicted molar refractivity (Wildman–Crippen MR) is 149 cm³/mol. The Kier molecular flexibility index (Phi) is 9.96. The maximum absolute atomic E-state index is 11.4. The zero-order chi connectivity index (χ0) is 26.9. The molecule has 0 spiro atoms. The number of hydrogen-bond donors (Lipinski definition) is 2. The summed E-state index contributed by atoms with van der Waals surface area (Å²) >= 11 is 0. The van der Waals surface area contributed by atoms with Crippen molar-refractivity contribution in [1.29, 1.82) is 0 Å². The predicted octanol–water partition coefficient (Wildman–Crippen LogP) is 5.50. The number of hydrogen-bond acceptors (Lipinski definition) is 6. The number of carboxylic acids is 1. The molecule has 0 radical (unpaired) electrons. The summed E-state index contributed by atoms with van der Waals surface area (Å²) in [5, 5.41) is 21.4. The Morgan fingerprint density at radius 1 is 1.11 bits per heavy atom. The smallest absolute Gasteiger partial charge is 0.303 e. The molecule has 0 bridgehead atoms. The lowest BCUT2D eigenvalue weighted by Crippen LogP contribution is -2.41. The van der Waals surface area contributed by atoms with Crippen molar-refractivity contribution in [2.75, 3.05) is 33.9 Å². The number of rotatable bonds is 13. The number of fused-ring (bicyclic) bond motifs is 1. The van der Waals surface area contributed by atoms with E-state index in [4.69, 9.17) is 9.47 Å². The second-order valence-electron chi connectivity index (χ2n) is 10.3. The van der Waals surface area contributed by atoms with Gasteiger partial charge in [0.25, 0.3) is 0 Å². The fourth-order valence-corrected chi connectivity index (χ4v) is 5.87. The Morgan fingerprint density at radius 2 is 1.95 bits per heavy atom. The molecule has 1 saturated heterocycles. The number of aliphatic hydroxyl groups is 1. The van der Waals surface area contributed by atoms with Gasteiger partial charge in [0.2, 0.25) is 0 Å². The summed E-state index contributed by atoms with van der Waals surface area (Å²) in [4.78, 5) is 18.3. The zero-order valence-electron chi connectivity index (χ0n) is 22.5. The van der Waals surface area contributed by atoms with Crippen LogP contribution in [0.2, 0.25) is 0 Å². The summed E-state index contributed by atoms with van der Waals surface area (Å²) in [6.07, 6.45) is 6.53. The average molecular weight is 521 g/mol. The van der Waals surface area contributed by atoms with E-state index in [0.717, 1.165) is 73.3 Å². The van der Waals surface area contributed by atoms with Crippen molar-refractivity contribution in [3.8, 4) is 11.5 Å². The highest BCUT2D eigenvalue weighted by Gasteiger charge is 2.30. The molecule has 0 amide bonds. The van der Waals surface area contributed by atoms with E-state index in [1.54, 1.807) is 20.4 Å². The van der Waals surface area contributed by atoms with Crippen LogP contribution in [-0.4, -0.2) is 59.9 Å². The van der Waals surface area contributed by atoms with Crippen LogP contribution in [0.3, 0.4) is 0 Å². The van der Waals surface area contributed by atoms with Gasteiger partial charge < -0.3 is 24.6 Å². The van der Waals surface area contributed by atoms with E-state index in [2.05, 4.69) is 16.0 Å². The van der Waals surface area contributed by atoms with Gasteiger partial charge in [-0.2, -0.15) is 0 Å². The van der Waals surface area contributed by atoms with E-state index in [1.165, 1.54) is 5.56 Å². The van der Waals surface area contributed by atoms with Gasteiger partial charge >= 0.3 is 5.97 Å². The van der Waals surface area contributed by atoms with Crippen LogP contribution in [0.5, 0.6) is 11.5 Å². The van der Waals surface area contributed by atoms with Crippen LogP contribution in [0, 0.1) is 11.8 Å². The summed E-state index contributed by atoms with van der Waals surface area (Å²) in [5.74, 6) is 1.65. The quantitative estimate of drug-likeness (QED) is 0.307. The van der Waals surface area contributed by atoms with E-state index >= 15 is 0 Å². The molecule has 2 heterocycles. The van der Waals surface area contributed by atoms with E-state index in [0.29, 0.717) is 24.7 Å². The molecular formula is C31H40N2O5. The second-order valence-corrected chi connectivity index (χ2v) is 10.3. The number of likely N-dealkylation sites (tertiary alicyclic amines) is 1. The third-order valence-corrected chi connectivity index (χ3v) is 7.97. The van der Waals surface area contributed by atoms with Crippen LogP contribution >= 0.6 is 0 Å². The third kappa shape index (κ3) is 7.23. The molecule has 3 aromatic rings. The van der Waals surface area contributed by atoms with E-state index in [1.807, 2.05) is 42.5 Å². The first-order valence-electron chi connectivity index (χ1n) is 13.6. The summed E-state index contributed by atoms with van der Waals surface area (Å²) in [6.45, 7) is 2.91. The van der Waals surface area contributed by atoms with Gasteiger partial charge in [-0.3, -0.25) is 9.78 Å². The molecule has 4 rings (SSSR count). The van der Waals surface area contributed by atoms with Gasteiger partial charge in [0.1, 0.15) is 11.5 Å². The normalized spacial score (nSPS) is 18.8. The maximum Gasteiger partial charge on any atom is 0.303 e. The maximum atomic E-state index is 11.4. The highest BCUT2D eigenvalue weighted by molar-refractivity contribution is 5.83. The molecule has 0 aliphatic carbocycles. The number of aryl methyl sites for hydroxylation is 1. The van der Waals surface area contributed by atoms with Crippen molar-refractivity contribution in [3.05, 3.63) is 65.9 Å². The molecule has 204 valence electrons. The number of aromatic nitrogens is 1. The zero-order valence-corrected chi connectivity index (χ0v) is 22.5. The van der Waals surface area contributed by atoms with Crippen LogP contribution in [0.15, 0.2) is 54.7 Å². The minimum atomic E-state index is -0.741. The van der Waals surface area contributed by atoms with Gasteiger partial charge in [0, 0.05) is 24.5 Å². The topological polar surface area (TPSA) is 92.1 Å². The molecule has 1 fully saturated rings. The van der Waals surface area contributed by atoms with E-state index < -0.39 is 12.1 Å². The number of aliphatic carboxylic acids is 1. The van der Waals surface area contributed by atoms with Crippen LogP contribution < -0.4 is 9.47 Å².